The van der Waals surface area contributed by atoms with Gasteiger partial charge in [-0.15, -0.1) is 6.58 Å². The molecule has 0 aromatic heterocycles. The van der Waals surface area contributed by atoms with Crippen LogP contribution in [0.5, 0.6) is 0 Å². The van der Waals surface area contributed by atoms with Crippen molar-refractivity contribution in [2.75, 3.05) is 26.0 Å². The maximum Gasteiger partial charge on any atom is 0.337 e. The summed E-state index contributed by atoms with van der Waals surface area (Å²) in [6, 6.07) is 4.01. The predicted octanol–water partition coefficient (Wildman–Crippen LogP) is 1.62. The van der Waals surface area contributed by atoms with Crippen LogP contribution in [-0.4, -0.2) is 44.4 Å². The van der Waals surface area contributed by atoms with Crippen molar-refractivity contribution >= 4 is 21.7 Å². The monoisotopic (exact) mass is 298 g/mol. The van der Waals surface area contributed by atoms with Gasteiger partial charge in [0.15, 0.2) is 0 Å². The molecule has 20 heavy (non-hydrogen) atoms. The molecule has 110 valence electrons. The lowest BCUT2D eigenvalue weighted by molar-refractivity contribution is 0.0697. The normalized spacial score (nSPS) is 11.3. The van der Waals surface area contributed by atoms with Gasteiger partial charge in [0.2, 0.25) is 10.0 Å². The minimum atomic E-state index is -3.65. The van der Waals surface area contributed by atoms with Gasteiger partial charge in [0.1, 0.15) is 0 Å². The molecule has 0 aliphatic heterocycles. The standard InChI is InChI=1S/C13H18N2O4S/c1-4-5-8-14-12-7-6-10(9-11(12)13(16)17)20(18,19)15(2)3/h4,6-7,9,14H,1,5,8H2,2-3H3,(H,16,17). The topological polar surface area (TPSA) is 86.7 Å². The third-order valence-electron chi connectivity index (χ3n) is 2.66. The van der Waals surface area contributed by atoms with E-state index in [2.05, 4.69) is 11.9 Å². The maximum atomic E-state index is 12.0. The molecule has 0 aliphatic carbocycles. The van der Waals surface area contributed by atoms with E-state index in [0.717, 1.165) is 10.4 Å². The molecule has 0 saturated heterocycles. The minimum absolute atomic E-state index is 0.0471. The van der Waals surface area contributed by atoms with Crippen LogP contribution >= 0.6 is 0 Å². The van der Waals surface area contributed by atoms with E-state index in [-0.39, 0.29) is 10.5 Å². The quantitative estimate of drug-likeness (QED) is 0.590. The Balaban J connectivity index is 3.20. The van der Waals surface area contributed by atoms with Gasteiger partial charge >= 0.3 is 5.97 Å². The summed E-state index contributed by atoms with van der Waals surface area (Å²) in [5.74, 6) is -1.18. The molecule has 0 radical (unpaired) electrons. The summed E-state index contributed by atoms with van der Waals surface area (Å²) in [5, 5.41) is 12.1. The van der Waals surface area contributed by atoms with Gasteiger partial charge in [-0.2, -0.15) is 0 Å². The van der Waals surface area contributed by atoms with Gasteiger partial charge in [0.05, 0.1) is 10.5 Å². The lowest BCUT2D eigenvalue weighted by Gasteiger charge is -2.14. The molecule has 1 aromatic carbocycles. The van der Waals surface area contributed by atoms with Crippen LogP contribution in [-0.2, 0) is 10.0 Å². The van der Waals surface area contributed by atoms with Gasteiger partial charge in [-0.1, -0.05) is 6.08 Å². The van der Waals surface area contributed by atoms with Gasteiger partial charge in [-0.05, 0) is 24.6 Å². The second kappa shape index (κ2) is 6.53. The lowest BCUT2D eigenvalue weighted by atomic mass is 10.2. The molecule has 0 amide bonds. The number of carboxylic acids is 1. The van der Waals surface area contributed by atoms with Gasteiger partial charge in [-0.3, -0.25) is 0 Å². The number of rotatable bonds is 7. The van der Waals surface area contributed by atoms with E-state index in [0.29, 0.717) is 18.7 Å². The highest BCUT2D eigenvalue weighted by Crippen LogP contribution is 2.22. The number of anilines is 1. The average Bonchev–Trinajstić information content (AvgIpc) is 2.38. The van der Waals surface area contributed by atoms with Gasteiger partial charge in [0, 0.05) is 26.3 Å². The van der Waals surface area contributed by atoms with Gasteiger partial charge in [0.25, 0.3) is 0 Å². The summed E-state index contributed by atoms with van der Waals surface area (Å²) in [4.78, 5) is 11.2. The van der Waals surface area contributed by atoms with Crippen molar-refractivity contribution in [1.82, 2.24) is 4.31 Å². The van der Waals surface area contributed by atoms with E-state index in [1.54, 1.807) is 6.08 Å². The Morgan fingerprint density at radius 3 is 2.60 bits per heavy atom. The molecule has 0 heterocycles. The second-order valence-corrected chi connectivity index (χ2v) is 6.46. The molecule has 0 unspecified atom stereocenters. The first-order valence-corrected chi connectivity index (χ1v) is 7.39. The molecule has 6 nitrogen and oxygen atoms in total. The Bertz CT molecular complexity index is 609. The molecule has 0 bridgehead atoms. The summed E-state index contributed by atoms with van der Waals surface area (Å²) in [7, 11) is -0.859. The SMILES string of the molecule is C=CCCNc1ccc(S(=O)(=O)N(C)C)cc1C(=O)O. The van der Waals surface area contributed by atoms with Crippen molar-refractivity contribution in [3.05, 3.63) is 36.4 Å². The Kier molecular flexibility index (Phi) is 5.29. The Morgan fingerprint density at radius 1 is 1.45 bits per heavy atom. The number of nitrogens with zero attached hydrogens (tertiary/aromatic N) is 1. The van der Waals surface area contributed by atoms with Crippen molar-refractivity contribution in [2.24, 2.45) is 0 Å². The first-order valence-electron chi connectivity index (χ1n) is 5.95. The number of nitrogens with one attached hydrogen (secondary N) is 1. The smallest absolute Gasteiger partial charge is 0.337 e. The molecule has 2 N–H and O–H groups in total. The van der Waals surface area contributed by atoms with Crippen LogP contribution in [0, 0.1) is 0 Å². The second-order valence-electron chi connectivity index (χ2n) is 4.30. The van der Waals surface area contributed by atoms with E-state index in [1.165, 1.54) is 26.2 Å². The molecule has 1 aromatic rings. The fraction of sp³-hybridized carbons (Fsp3) is 0.308. The highest BCUT2D eigenvalue weighted by atomic mass is 32.2. The first kappa shape index (κ1) is 16.2. The molecule has 0 aliphatic rings. The minimum Gasteiger partial charge on any atom is -0.478 e. The first-order chi connectivity index (χ1) is 9.30. The third-order valence-corrected chi connectivity index (χ3v) is 4.48. The lowest BCUT2D eigenvalue weighted by Crippen LogP contribution is -2.22. The number of carboxylic acid groups (broad SMARTS) is 1. The van der Waals surface area contributed by atoms with Crippen molar-refractivity contribution < 1.29 is 18.3 Å². The summed E-state index contributed by atoms with van der Waals surface area (Å²) < 4.78 is 25.0. The molecule has 0 saturated carbocycles. The van der Waals surface area contributed by atoms with Crippen LogP contribution in [0.2, 0.25) is 0 Å². The van der Waals surface area contributed by atoms with E-state index < -0.39 is 16.0 Å². The molecular formula is C13H18N2O4S. The zero-order valence-corrected chi connectivity index (χ0v) is 12.3. The van der Waals surface area contributed by atoms with E-state index in [4.69, 9.17) is 0 Å². The molecule has 1 rings (SSSR count). The van der Waals surface area contributed by atoms with Crippen molar-refractivity contribution in [2.45, 2.75) is 11.3 Å². The van der Waals surface area contributed by atoms with Crippen molar-refractivity contribution in [1.29, 1.82) is 0 Å². The van der Waals surface area contributed by atoms with Crippen LogP contribution in [0.25, 0.3) is 0 Å². The van der Waals surface area contributed by atoms with Crippen molar-refractivity contribution in [3.8, 4) is 0 Å². The Labute approximate surface area is 118 Å². The summed E-state index contributed by atoms with van der Waals surface area (Å²) in [6.45, 7) is 4.11. The average molecular weight is 298 g/mol. The number of sulfonamides is 1. The Hall–Kier alpha value is -1.86. The number of hydrogen-bond donors (Lipinski definition) is 2. The molecular weight excluding hydrogens is 280 g/mol. The maximum absolute atomic E-state index is 12.0. The molecule has 7 heteroatoms. The van der Waals surface area contributed by atoms with Crippen LogP contribution < -0.4 is 5.32 Å². The summed E-state index contributed by atoms with van der Waals surface area (Å²) >= 11 is 0. The number of carbonyl (C=O) groups is 1. The molecule has 0 fully saturated rings. The van der Waals surface area contributed by atoms with Gasteiger partial charge in [-0.25, -0.2) is 17.5 Å². The highest BCUT2D eigenvalue weighted by molar-refractivity contribution is 7.89. The van der Waals surface area contributed by atoms with Crippen LogP contribution in [0.4, 0.5) is 5.69 Å². The zero-order valence-electron chi connectivity index (χ0n) is 11.5. The summed E-state index contributed by atoms with van der Waals surface area (Å²) in [5.41, 5.74) is 0.314. The third kappa shape index (κ3) is 3.58. The van der Waals surface area contributed by atoms with Gasteiger partial charge < -0.3 is 10.4 Å². The number of hydrogen-bond acceptors (Lipinski definition) is 4. The molecule has 0 spiro atoms. The fourth-order valence-electron chi connectivity index (χ4n) is 1.53. The van der Waals surface area contributed by atoms with E-state index in [1.807, 2.05) is 0 Å². The van der Waals surface area contributed by atoms with E-state index in [9.17, 15) is 18.3 Å². The predicted molar refractivity (Wildman–Crippen MR) is 77.6 cm³/mol. The van der Waals surface area contributed by atoms with Crippen molar-refractivity contribution in [3.63, 3.8) is 0 Å². The van der Waals surface area contributed by atoms with E-state index >= 15 is 0 Å². The largest absolute Gasteiger partial charge is 0.478 e. The molecule has 0 atom stereocenters. The van der Waals surface area contributed by atoms with Crippen LogP contribution in [0.1, 0.15) is 16.8 Å². The number of aromatic carboxylic acids is 1. The summed E-state index contributed by atoms with van der Waals surface area (Å²) in [6.07, 6.45) is 2.38. The number of benzene rings is 1. The highest BCUT2D eigenvalue weighted by Gasteiger charge is 2.20. The van der Waals surface area contributed by atoms with Crippen LogP contribution in [0.3, 0.4) is 0 Å². The van der Waals surface area contributed by atoms with Crippen LogP contribution in [0.15, 0.2) is 35.7 Å². The fourth-order valence-corrected chi connectivity index (χ4v) is 2.46. The zero-order chi connectivity index (χ0) is 15.3. The Morgan fingerprint density at radius 2 is 2.10 bits per heavy atom.